The van der Waals surface area contributed by atoms with E-state index in [2.05, 4.69) is 0 Å². The standard InChI is InChI=1S/C13H13F3N2O/c14-13(15,16)9-17-12(19)6-8-18-7-5-10-3-1-2-4-11(10)18/h1-5,7H,6,8-9H2,(H,17,19). The number of carbonyl (C=O) groups is 1. The molecule has 102 valence electrons. The second-order valence-corrected chi connectivity index (χ2v) is 4.21. The Morgan fingerprint density at radius 2 is 1.95 bits per heavy atom. The third-order valence-electron chi connectivity index (χ3n) is 2.75. The van der Waals surface area contributed by atoms with Crippen LogP contribution in [-0.2, 0) is 11.3 Å². The van der Waals surface area contributed by atoms with Crippen molar-refractivity contribution in [1.29, 1.82) is 0 Å². The van der Waals surface area contributed by atoms with Gasteiger partial charge in [-0.05, 0) is 17.5 Å². The number of fused-ring (bicyclic) bond motifs is 1. The van der Waals surface area contributed by atoms with Crippen molar-refractivity contribution in [3.8, 4) is 0 Å². The van der Waals surface area contributed by atoms with Gasteiger partial charge in [0.2, 0.25) is 5.91 Å². The molecule has 0 saturated heterocycles. The van der Waals surface area contributed by atoms with Crippen LogP contribution in [0.4, 0.5) is 13.2 Å². The highest BCUT2D eigenvalue weighted by Crippen LogP contribution is 2.15. The van der Waals surface area contributed by atoms with Gasteiger partial charge in [-0.2, -0.15) is 13.2 Å². The Hall–Kier alpha value is -1.98. The van der Waals surface area contributed by atoms with Crippen LogP contribution in [0.3, 0.4) is 0 Å². The van der Waals surface area contributed by atoms with Crippen molar-refractivity contribution in [1.82, 2.24) is 9.88 Å². The number of aryl methyl sites for hydroxylation is 1. The van der Waals surface area contributed by atoms with E-state index in [-0.39, 0.29) is 6.42 Å². The maximum atomic E-state index is 11.9. The molecule has 2 rings (SSSR count). The molecule has 0 aliphatic rings. The number of amides is 1. The van der Waals surface area contributed by atoms with Gasteiger partial charge in [0, 0.05) is 24.7 Å². The van der Waals surface area contributed by atoms with E-state index in [0.717, 1.165) is 10.9 Å². The number of alkyl halides is 3. The minimum atomic E-state index is -4.37. The minimum absolute atomic E-state index is 0.0226. The van der Waals surface area contributed by atoms with Crippen molar-refractivity contribution in [2.75, 3.05) is 6.54 Å². The average Bonchev–Trinajstić information content (AvgIpc) is 2.76. The summed E-state index contributed by atoms with van der Waals surface area (Å²) in [7, 11) is 0. The Labute approximate surface area is 108 Å². The quantitative estimate of drug-likeness (QED) is 0.910. The van der Waals surface area contributed by atoms with Gasteiger partial charge in [0.15, 0.2) is 0 Å². The van der Waals surface area contributed by atoms with E-state index in [1.165, 1.54) is 0 Å². The highest BCUT2D eigenvalue weighted by atomic mass is 19.4. The molecule has 0 bridgehead atoms. The molecular formula is C13H13F3N2O. The number of halogens is 3. The monoisotopic (exact) mass is 270 g/mol. The van der Waals surface area contributed by atoms with Gasteiger partial charge in [0.1, 0.15) is 6.54 Å². The Kier molecular flexibility index (Phi) is 3.78. The van der Waals surface area contributed by atoms with Gasteiger partial charge in [-0.15, -0.1) is 0 Å². The first-order valence-corrected chi connectivity index (χ1v) is 5.83. The molecule has 0 atom stereocenters. The molecule has 1 aromatic carbocycles. The van der Waals surface area contributed by atoms with Crippen LogP contribution in [0.2, 0.25) is 0 Å². The van der Waals surface area contributed by atoms with Crippen LogP contribution in [0, 0.1) is 0 Å². The molecule has 0 saturated carbocycles. The van der Waals surface area contributed by atoms with Gasteiger partial charge in [-0.3, -0.25) is 4.79 Å². The summed E-state index contributed by atoms with van der Waals surface area (Å²) in [6, 6.07) is 9.53. The summed E-state index contributed by atoms with van der Waals surface area (Å²) in [6.45, 7) is -0.921. The molecule has 1 N–H and O–H groups in total. The van der Waals surface area contributed by atoms with Crippen molar-refractivity contribution >= 4 is 16.8 Å². The largest absolute Gasteiger partial charge is 0.405 e. The SMILES string of the molecule is O=C(CCn1ccc2ccccc21)NCC(F)(F)F. The number of hydrogen-bond acceptors (Lipinski definition) is 1. The molecule has 0 aliphatic carbocycles. The number of nitrogens with one attached hydrogen (secondary N) is 1. The smallest absolute Gasteiger partial charge is 0.347 e. The lowest BCUT2D eigenvalue weighted by molar-refractivity contribution is -0.138. The van der Waals surface area contributed by atoms with Crippen molar-refractivity contribution in [2.24, 2.45) is 0 Å². The summed E-state index contributed by atoms with van der Waals surface area (Å²) >= 11 is 0. The zero-order chi connectivity index (χ0) is 13.9. The van der Waals surface area contributed by atoms with Gasteiger partial charge in [0.05, 0.1) is 0 Å². The van der Waals surface area contributed by atoms with Crippen molar-refractivity contribution in [2.45, 2.75) is 19.1 Å². The zero-order valence-electron chi connectivity index (χ0n) is 10.1. The van der Waals surface area contributed by atoms with Gasteiger partial charge >= 0.3 is 6.18 Å². The van der Waals surface area contributed by atoms with Crippen LogP contribution in [0.15, 0.2) is 36.5 Å². The Balaban J connectivity index is 1.90. The first-order valence-electron chi connectivity index (χ1n) is 5.83. The maximum absolute atomic E-state index is 11.9. The Morgan fingerprint density at radius 1 is 1.21 bits per heavy atom. The van der Waals surface area contributed by atoms with E-state index >= 15 is 0 Å². The summed E-state index contributed by atoms with van der Waals surface area (Å²) < 4.78 is 37.6. The fourth-order valence-electron chi connectivity index (χ4n) is 1.84. The van der Waals surface area contributed by atoms with Gasteiger partial charge < -0.3 is 9.88 Å². The number of nitrogens with zero attached hydrogens (tertiary/aromatic N) is 1. The fourth-order valence-corrected chi connectivity index (χ4v) is 1.84. The molecule has 1 amide bonds. The number of carbonyl (C=O) groups excluding carboxylic acids is 1. The van der Waals surface area contributed by atoms with Crippen molar-refractivity contribution in [3.63, 3.8) is 0 Å². The molecule has 0 unspecified atom stereocenters. The van der Waals surface area contributed by atoms with Crippen molar-refractivity contribution < 1.29 is 18.0 Å². The molecule has 1 aromatic heterocycles. The first-order chi connectivity index (χ1) is 8.96. The lowest BCUT2D eigenvalue weighted by Gasteiger charge is -2.09. The maximum Gasteiger partial charge on any atom is 0.405 e. The highest BCUT2D eigenvalue weighted by molar-refractivity contribution is 5.80. The van der Waals surface area contributed by atoms with Crippen molar-refractivity contribution in [3.05, 3.63) is 36.5 Å². The molecular weight excluding hydrogens is 257 g/mol. The molecule has 1 heterocycles. The minimum Gasteiger partial charge on any atom is -0.347 e. The predicted molar refractivity (Wildman–Crippen MR) is 65.6 cm³/mol. The molecule has 6 heteroatoms. The topological polar surface area (TPSA) is 34.0 Å². The number of benzene rings is 1. The Bertz CT molecular complexity index is 575. The fraction of sp³-hybridized carbons (Fsp3) is 0.308. The highest BCUT2D eigenvalue weighted by Gasteiger charge is 2.27. The zero-order valence-corrected chi connectivity index (χ0v) is 10.1. The number of hydrogen-bond donors (Lipinski definition) is 1. The molecule has 0 aliphatic heterocycles. The molecule has 3 nitrogen and oxygen atoms in total. The summed E-state index contributed by atoms with van der Waals surface area (Å²) in [6.07, 6.45) is -2.52. The third-order valence-corrected chi connectivity index (χ3v) is 2.75. The summed E-state index contributed by atoms with van der Waals surface area (Å²) in [5.74, 6) is -0.602. The summed E-state index contributed by atoms with van der Waals surface area (Å²) in [4.78, 5) is 11.3. The second kappa shape index (κ2) is 5.34. The van der Waals surface area contributed by atoms with Crippen LogP contribution in [-0.4, -0.2) is 23.2 Å². The number of para-hydroxylation sites is 1. The van der Waals surface area contributed by atoms with E-state index in [1.807, 2.05) is 46.4 Å². The molecule has 0 fully saturated rings. The average molecular weight is 270 g/mol. The van der Waals surface area contributed by atoms with Crippen LogP contribution < -0.4 is 5.32 Å². The van der Waals surface area contributed by atoms with Gasteiger partial charge in [-0.1, -0.05) is 18.2 Å². The number of rotatable bonds is 4. The summed E-state index contributed by atoms with van der Waals surface area (Å²) in [5.41, 5.74) is 0.964. The molecule has 2 aromatic rings. The normalized spacial score (nSPS) is 11.7. The summed E-state index contributed by atoms with van der Waals surface area (Å²) in [5, 5.41) is 2.90. The first kappa shape index (κ1) is 13.5. The van der Waals surface area contributed by atoms with E-state index in [0.29, 0.717) is 6.54 Å². The molecule has 0 radical (unpaired) electrons. The van der Waals surface area contributed by atoms with Crippen LogP contribution in [0.25, 0.3) is 10.9 Å². The van der Waals surface area contributed by atoms with Crippen LogP contribution in [0.5, 0.6) is 0 Å². The van der Waals surface area contributed by atoms with E-state index in [4.69, 9.17) is 0 Å². The van der Waals surface area contributed by atoms with Crippen LogP contribution in [0.1, 0.15) is 6.42 Å². The number of aromatic nitrogens is 1. The van der Waals surface area contributed by atoms with E-state index in [9.17, 15) is 18.0 Å². The van der Waals surface area contributed by atoms with E-state index < -0.39 is 18.6 Å². The molecule has 0 spiro atoms. The Morgan fingerprint density at radius 3 is 2.68 bits per heavy atom. The lowest BCUT2D eigenvalue weighted by Crippen LogP contribution is -2.34. The second-order valence-electron chi connectivity index (χ2n) is 4.21. The van der Waals surface area contributed by atoms with Gasteiger partial charge in [0.25, 0.3) is 0 Å². The van der Waals surface area contributed by atoms with Gasteiger partial charge in [-0.25, -0.2) is 0 Å². The molecule has 19 heavy (non-hydrogen) atoms. The predicted octanol–water partition coefficient (Wildman–Crippen LogP) is 2.71. The lowest BCUT2D eigenvalue weighted by atomic mass is 10.2. The third kappa shape index (κ3) is 3.74. The van der Waals surface area contributed by atoms with Crippen LogP contribution >= 0.6 is 0 Å². The van der Waals surface area contributed by atoms with E-state index in [1.54, 1.807) is 0 Å².